The van der Waals surface area contributed by atoms with E-state index in [4.69, 9.17) is 0 Å². The Morgan fingerprint density at radius 2 is 2.23 bits per heavy atom. The van der Waals surface area contributed by atoms with E-state index < -0.39 is 11.8 Å². The summed E-state index contributed by atoms with van der Waals surface area (Å²) in [5.74, 6) is -3.04. The van der Waals surface area contributed by atoms with Crippen molar-refractivity contribution >= 4 is 0 Å². The lowest BCUT2D eigenvalue weighted by molar-refractivity contribution is -0.0970. The molecule has 0 spiro atoms. The van der Waals surface area contributed by atoms with Crippen LogP contribution >= 0.6 is 0 Å². The van der Waals surface area contributed by atoms with Gasteiger partial charge in [0.15, 0.2) is 0 Å². The molecule has 76 valence electrons. The van der Waals surface area contributed by atoms with Gasteiger partial charge in [-0.05, 0) is 12.8 Å². The second kappa shape index (κ2) is 3.64. The molecule has 1 nitrogen and oxygen atoms in total. The number of hydrogen-bond acceptors (Lipinski definition) is 1. The maximum absolute atomic E-state index is 13.3. The van der Waals surface area contributed by atoms with Gasteiger partial charge in [0.05, 0.1) is 6.54 Å². The number of rotatable bonds is 2. The van der Waals surface area contributed by atoms with Crippen LogP contribution < -0.4 is 0 Å². The van der Waals surface area contributed by atoms with E-state index in [1.165, 1.54) is 0 Å². The maximum Gasteiger partial charge on any atom is 0.267 e. The zero-order chi connectivity index (χ0) is 10.1. The molecule has 1 aliphatic rings. The van der Waals surface area contributed by atoms with Crippen molar-refractivity contribution in [2.75, 3.05) is 13.1 Å². The Hall–Kier alpha value is -0.600. The van der Waals surface area contributed by atoms with Crippen LogP contribution in [0.3, 0.4) is 0 Å². The van der Waals surface area contributed by atoms with Crippen LogP contribution in [0.4, 0.5) is 8.78 Å². The molecule has 1 atom stereocenters. The highest BCUT2D eigenvalue weighted by atomic mass is 19.3. The summed E-state index contributed by atoms with van der Waals surface area (Å²) in [5, 5.41) is 0. The topological polar surface area (TPSA) is 3.24 Å². The average Bonchev–Trinajstić information content (AvgIpc) is 2.08. The fraction of sp³-hybridized carbons (Fsp3) is 0.800. The highest BCUT2D eigenvalue weighted by molar-refractivity contribution is 4.98. The van der Waals surface area contributed by atoms with Crippen molar-refractivity contribution < 1.29 is 8.78 Å². The summed E-state index contributed by atoms with van der Waals surface area (Å²) in [6.07, 6.45) is 1.32. The Balaban J connectivity index is 2.60. The summed E-state index contributed by atoms with van der Waals surface area (Å²) in [4.78, 5) is 1.71. The highest BCUT2D eigenvalue weighted by Crippen LogP contribution is 2.33. The van der Waals surface area contributed by atoms with E-state index in [0.717, 1.165) is 18.7 Å². The van der Waals surface area contributed by atoms with Gasteiger partial charge in [0, 0.05) is 18.2 Å². The van der Waals surface area contributed by atoms with Crippen molar-refractivity contribution in [2.45, 2.75) is 32.6 Å². The fourth-order valence-electron chi connectivity index (χ4n) is 1.54. The fourth-order valence-corrected chi connectivity index (χ4v) is 1.54. The minimum absolute atomic E-state index is 0.152. The van der Waals surface area contributed by atoms with Gasteiger partial charge in [-0.15, -0.1) is 0 Å². The monoisotopic (exact) mass is 189 g/mol. The van der Waals surface area contributed by atoms with Crippen LogP contribution in [0.15, 0.2) is 12.3 Å². The van der Waals surface area contributed by atoms with Crippen LogP contribution in [-0.4, -0.2) is 23.9 Å². The first kappa shape index (κ1) is 10.5. The minimum Gasteiger partial charge on any atom is -0.369 e. The normalized spacial score (nSPS) is 27.4. The lowest BCUT2D eigenvalue weighted by atomic mass is 9.94. The Labute approximate surface area is 78.4 Å². The molecular weight excluding hydrogens is 172 g/mol. The quantitative estimate of drug-likeness (QED) is 0.645. The Kier molecular flexibility index (Phi) is 2.94. The number of alkyl halides is 2. The van der Waals surface area contributed by atoms with E-state index in [1.807, 2.05) is 6.92 Å². The number of allylic oxidation sites excluding steroid dienone is 1. The molecule has 1 fully saturated rings. The molecule has 1 saturated heterocycles. The largest absolute Gasteiger partial charge is 0.369 e. The van der Waals surface area contributed by atoms with Crippen molar-refractivity contribution in [1.82, 2.24) is 4.90 Å². The van der Waals surface area contributed by atoms with E-state index >= 15 is 0 Å². The molecule has 0 amide bonds. The van der Waals surface area contributed by atoms with Gasteiger partial charge in [-0.2, -0.15) is 0 Å². The van der Waals surface area contributed by atoms with Crippen molar-refractivity contribution in [3.8, 4) is 0 Å². The molecule has 0 aromatic carbocycles. The van der Waals surface area contributed by atoms with Crippen LogP contribution in [0.5, 0.6) is 0 Å². The summed E-state index contributed by atoms with van der Waals surface area (Å²) in [5.41, 5.74) is 0.826. The van der Waals surface area contributed by atoms with Crippen molar-refractivity contribution in [3.05, 3.63) is 12.3 Å². The third-order valence-electron chi connectivity index (χ3n) is 2.81. The SMILES string of the molecule is C=C(CC)N1CCC(C)C(F)(F)C1. The van der Waals surface area contributed by atoms with Crippen LogP contribution in [0.25, 0.3) is 0 Å². The third kappa shape index (κ3) is 2.20. The molecule has 1 aliphatic heterocycles. The molecule has 0 aliphatic carbocycles. The molecule has 1 unspecified atom stereocenters. The van der Waals surface area contributed by atoms with Crippen molar-refractivity contribution in [3.63, 3.8) is 0 Å². The number of piperidine rings is 1. The summed E-state index contributed by atoms with van der Waals surface area (Å²) < 4.78 is 26.5. The molecule has 0 N–H and O–H groups in total. The Bertz CT molecular complexity index is 201. The molecule has 0 radical (unpaired) electrons. The Morgan fingerprint density at radius 3 is 2.69 bits per heavy atom. The van der Waals surface area contributed by atoms with Gasteiger partial charge >= 0.3 is 0 Å². The van der Waals surface area contributed by atoms with Crippen LogP contribution in [0.1, 0.15) is 26.7 Å². The second-order valence-electron chi connectivity index (χ2n) is 3.79. The maximum atomic E-state index is 13.3. The minimum atomic E-state index is -2.55. The predicted molar refractivity (Wildman–Crippen MR) is 49.7 cm³/mol. The second-order valence-corrected chi connectivity index (χ2v) is 3.79. The molecule has 0 bridgehead atoms. The van der Waals surface area contributed by atoms with E-state index in [1.54, 1.807) is 11.8 Å². The zero-order valence-corrected chi connectivity index (χ0v) is 8.32. The summed E-state index contributed by atoms with van der Waals surface area (Å²) in [7, 11) is 0. The lowest BCUT2D eigenvalue weighted by Crippen LogP contribution is -2.46. The number of halogens is 2. The van der Waals surface area contributed by atoms with Gasteiger partial charge in [-0.1, -0.05) is 20.4 Å². The number of nitrogens with zero attached hydrogens (tertiary/aromatic N) is 1. The van der Waals surface area contributed by atoms with Gasteiger partial charge in [-0.3, -0.25) is 0 Å². The number of hydrogen-bond donors (Lipinski definition) is 0. The molecule has 0 aromatic heterocycles. The van der Waals surface area contributed by atoms with Crippen LogP contribution in [0, 0.1) is 5.92 Å². The van der Waals surface area contributed by atoms with Gasteiger partial charge in [0.1, 0.15) is 0 Å². The molecule has 1 heterocycles. The summed E-state index contributed by atoms with van der Waals surface area (Å²) in [6.45, 7) is 7.91. The standard InChI is InChI=1S/C10H17F2N/c1-4-9(3)13-6-5-8(2)10(11,12)7-13/h8H,3-7H2,1-2H3. The molecule has 13 heavy (non-hydrogen) atoms. The molecule has 0 aromatic rings. The molecular formula is C10H17F2N. The Morgan fingerprint density at radius 1 is 1.62 bits per heavy atom. The highest BCUT2D eigenvalue weighted by Gasteiger charge is 2.41. The van der Waals surface area contributed by atoms with Gasteiger partial charge in [-0.25, -0.2) is 8.78 Å². The van der Waals surface area contributed by atoms with Crippen molar-refractivity contribution in [1.29, 1.82) is 0 Å². The smallest absolute Gasteiger partial charge is 0.267 e. The molecule has 0 saturated carbocycles. The first-order valence-electron chi connectivity index (χ1n) is 4.78. The van der Waals surface area contributed by atoms with E-state index in [9.17, 15) is 8.78 Å². The van der Waals surface area contributed by atoms with Crippen molar-refractivity contribution in [2.24, 2.45) is 5.92 Å². The first-order valence-corrected chi connectivity index (χ1v) is 4.78. The van der Waals surface area contributed by atoms with Gasteiger partial charge in [0.2, 0.25) is 0 Å². The zero-order valence-electron chi connectivity index (χ0n) is 8.32. The summed E-state index contributed by atoms with van der Waals surface area (Å²) >= 11 is 0. The predicted octanol–water partition coefficient (Wildman–Crippen LogP) is 2.89. The third-order valence-corrected chi connectivity index (χ3v) is 2.81. The van der Waals surface area contributed by atoms with Gasteiger partial charge < -0.3 is 4.90 Å². The van der Waals surface area contributed by atoms with E-state index in [0.29, 0.717) is 6.42 Å². The molecule has 1 rings (SSSR count). The number of likely N-dealkylation sites (tertiary alicyclic amines) is 1. The van der Waals surface area contributed by atoms with Crippen LogP contribution in [-0.2, 0) is 0 Å². The average molecular weight is 189 g/mol. The van der Waals surface area contributed by atoms with Gasteiger partial charge in [0.25, 0.3) is 5.92 Å². The summed E-state index contributed by atoms with van der Waals surface area (Å²) in [6, 6.07) is 0. The van der Waals surface area contributed by atoms with E-state index in [-0.39, 0.29) is 6.54 Å². The van der Waals surface area contributed by atoms with E-state index in [2.05, 4.69) is 6.58 Å². The first-order chi connectivity index (χ1) is 5.97. The molecule has 3 heteroatoms. The lowest BCUT2D eigenvalue weighted by Gasteiger charge is -2.38. The van der Waals surface area contributed by atoms with Crippen LogP contribution in [0.2, 0.25) is 0 Å².